The van der Waals surface area contributed by atoms with Crippen molar-refractivity contribution in [3.63, 3.8) is 0 Å². The standard InChI is InChI=1S/C18H21NO2/c1-4-7-17-15(18(20)21-5-2)10-11-16(19-17)14-9-6-8-13(3)12-14/h6,8-12H,4-5,7H2,1-3H3. The molecule has 21 heavy (non-hydrogen) atoms. The zero-order chi connectivity index (χ0) is 15.2. The lowest BCUT2D eigenvalue weighted by atomic mass is 10.0. The molecule has 0 fully saturated rings. The lowest BCUT2D eigenvalue weighted by Crippen LogP contribution is -2.10. The molecule has 110 valence electrons. The Hall–Kier alpha value is -2.16. The fraction of sp³-hybridized carbons (Fsp3) is 0.333. The van der Waals surface area contributed by atoms with E-state index in [-0.39, 0.29) is 5.97 Å². The number of rotatable bonds is 5. The van der Waals surface area contributed by atoms with Crippen LogP contribution in [0.2, 0.25) is 0 Å². The van der Waals surface area contributed by atoms with E-state index in [4.69, 9.17) is 4.74 Å². The Kier molecular flexibility index (Phi) is 5.09. The van der Waals surface area contributed by atoms with Gasteiger partial charge in [0.25, 0.3) is 0 Å². The number of hydrogen-bond acceptors (Lipinski definition) is 3. The van der Waals surface area contributed by atoms with E-state index >= 15 is 0 Å². The van der Waals surface area contributed by atoms with Crippen molar-refractivity contribution in [3.05, 3.63) is 53.2 Å². The third-order valence-corrected chi connectivity index (χ3v) is 3.27. The molecule has 0 bridgehead atoms. The molecule has 0 saturated heterocycles. The topological polar surface area (TPSA) is 39.2 Å². The minimum absolute atomic E-state index is 0.288. The van der Waals surface area contributed by atoms with Crippen LogP contribution in [-0.4, -0.2) is 17.6 Å². The third-order valence-electron chi connectivity index (χ3n) is 3.27. The van der Waals surface area contributed by atoms with Gasteiger partial charge in [0.2, 0.25) is 0 Å². The van der Waals surface area contributed by atoms with Gasteiger partial charge in [-0.3, -0.25) is 4.98 Å². The fourth-order valence-corrected chi connectivity index (χ4v) is 2.29. The van der Waals surface area contributed by atoms with Crippen LogP contribution in [0.15, 0.2) is 36.4 Å². The summed E-state index contributed by atoms with van der Waals surface area (Å²) in [6, 6.07) is 11.9. The van der Waals surface area contributed by atoms with Crippen LogP contribution in [0.25, 0.3) is 11.3 Å². The average molecular weight is 283 g/mol. The predicted molar refractivity (Wildman–Crippen MR) is 84.4 cm³/mol. The van der Waals surface area contributed by atoms with Gasteiger partial charge in [0.15, 0.2) is 0 Å². The van der Waals surface area contributed by atoms with Gasteiger partial charge >= 0.3 is 5.97 Å². The highest BCUT2D eigenvalue weighted by atomic mass is 16.5. The second-order valence-corrected chi connectivity index (χ2v) is 5.03. The van der Waals surface area contributed by atoms with Gasteiger partial charge in [0.1, 0.15) is 0 Å². The lowest BCUT2D eigenvalue weighted by Gasteiger charge is -2.10. The highest BCUT2D eigenvalue weighted by molar-refractivity contribution is 5.91. The molecule has 0 aliphatic carbocycles. The van der Waals surface area contributed by atoms with Gasteiger partial charge in [0, 0.05) is 5.56 Å². The van der Waals surface area contributed by atoms with Gasteiger partial charge in [-0.1, -0.05) is 37.1 Å². The van der Waals surface area contributed by atoms with Crippen LogP contribution in [0, 0.1) is 6.92 Å². The molecule has 0 amide bonds. The SMILES string of the molecule is CCCc1nc(-c2cccc(C)c2)ccc1C(=O)OCC. The highest BCUT2D eigenvalue weighted by Crippen LogP contribution is 2.21. The summed E-state index contributed by atoms with van der Waals surface area (Å²) in [6.45, 7) is 6.33. The molecule has 2 rings (SSSR count). The van der Waals surface area contributed by atoms with Crippen molar-refractivity contribution < 1.29 is 9.53 Å². The monoisotopic (exact) mass is 283 g/mol. The van der Waals surface area contributed by atoms with Crippen molar-refractivity contribution in [2.75, 3.05) is 6.61 Å². The predicted octanol–water partition coefficient (Wildman–Crippen LogP) is 4.19. The second-order valence-electron chi connectivity index (χ2n) is 5.03. The molecule has 3 heteroatoms. The van der Waals surface area contributed by atoms with Crippen molar-refractivity contribution in [2.45, 2.75) is 33.6 Å². The zero-order valence-corrected chi connectivity index (χ0v) is 12.8. The van der Waals surface area contributed by atoms with Crippen LogP contribution in [0.4, 0.5) is 0 Å². The number of benzene rings is 1. The number of hydrogen-bond donors (Lipinski definition) is 0. The number of aromatic nitrogens is 1. The molecule has 2 aromatic rings. The molecule has 0 saturated carbocycles. The van der Waals surface area contributed by atoms with Crippen LogP contribution in [0.5, 0.6) is 0 Å². The highest BCUT2D eigenvalue weighted by Gasteiger charge is 2.14. The number of aryl methyl sites for hydroxylation is 2. The molecule has 0 spiro atoms. The van der Waals surface area contributed by atoms with Crippen LogP contribution in [0.3, 0.4) is 0 Å². The Morgan fingerprint density at radius 3 is 2.67 bits per heavy atom. The molecule has 1 heterocycles. The maximum Gasteiger partial charge on any atom is 0.339 e. The van der Waals surface area contributed by atoms with Crippen LogP contribution in [-0.2, 0) is 11.2 Å². The maximum atomic E-state index is 12.0. The lowest BCUT2D eigenvalue weighted by molar-refractivity contribution is 0.0524. The number of ether oxygens (including phenoxy) is 1. The number of nitrogens with zero attached hydrogens (tertiary/aromatic N) is 1. The molecule has 0 N–H and O–H groups in total. The van der Waals surface area contributed by atoms with Crippen LogP contribution in [0.1, 0.15) is 41.9 Å². The molecule has 0 aliphatic heterocycles. The van der Waals surface area contributed by atoms with Gasteiger partial charge in [-0.15, -0.1) is 0 Å². The molecule has 0 radical (unpaired) electrons. The van der Waals surface area contributed by atoms with Crippen molar-refractivity contribution in [2.24, 2.45) is 0 Å². The molecule has 0 aliphatic rings. The van der Waals surface area contributed by atoms with Crippen LogP contribution < -0.4 is 0 Å². The van der Waals surface area contributed by atoms with Gasteiger partial charge in [-0.05, 0) is 38.5 Å². The number of carbonyl (C=O) groups excluding carboxylic acids is 1. The zero-order valence-electron chi connectivity index (χ0n) is 12.8. The maximum absolute atomic E-state index is 12.0. The quantitative estimate of drug-likeness (QED) is 0.772. The Balaban J connectivity index is 2.42. The largest absolute Gasteiger partial charge is 0.462 e. The Labute approximate surface area is 126 Å². The first-order valence-corrected chi connectivity index (χ1v) is 7.39. The number of esters is 1. The summed E-state index contributed by atoms with van der Waals surface area (Å²) in [6.07, 6.45) is 1.71. The first kappa shape index (κ1) is 15.2. The Bertz CT molecular complexity index is 635. The summed E-state index contributed by atoms with van der Waals surface area (Å²) in [4.78, 5) is 16.7. The molecule has 0 atom stereocenters. The fourth-order valence-electron chi connectivity index (χ4n) is 2.29. The first-order valence-electron chi connectivity index (χ1n) is 7.39. The van der Waals surface area contributed by atoms with Crippen molar-refractivity contribution in [1.82, 2.24) is 4.98 Å². The van der Waals surface area contributed by atoms with E-state index in [2.05, 4.69) is 31.0 Å². The summed E-state index contributed by atoms with van der Waals surface area (Å²) in [7, 11) is 0. The summed E-state index contributed by atoms with van der Waals surface area (Å²) in [5.41, 5.74) is 4.56. The van der Waals surface area contributed by atoms with E-state index in [1.54, 1.807) is 0 Å². The Morgan fingerprint density at radius 1 is 1.19 bits per heavy atom. The van der Waals surface area contributed by atoms with E-state index < -0.39 is 0 Å². The van der Waals surface area contributed by atoms with Crippen LogP contribution >= 0.6 is 0 Å². The van der Waals surface area contributed by atoms with E-state index in [0.717, 1.165) is 29.8 Å². The van der Waals surface area contributed by atoms with Crippen molar-refractivity contribution in [3.8, 4) is 11.3 Å². The van der Waals surface area contributed by atoms with Gasteiger partial charge in [0.05, 0.1) is 23.6 Å². The molecular formula is C18H21NO2. The Morgan fingerprint density at radius 2 is 2.00 bits per heavy atom. The minimum atomic E-state index is -0.288. The van der Waals surface area contributed by atoms with Gasteiger partial charge in [-0.25, -0.2) is 4.79 Å². The van der Waals surface area contributed by atoms with Gasteiger partial charge in [-0.2, -0.15) is 0 Å². The normalized spacial score (nSPS) is 10.4. The van der Waals surface area contributed by atoms with Gasteiger partial charge < -0.3 is 4.74 Å². The van der Waals surface area contributed by atoms with Crippen molar-refractivity contribution >= 4 is 5.97 Å². The van der Waals surface area contributed by atoms with E-state index in [0.29, 0.717) is 12.2 Å². The number of pyridine rings is 1. The average Bonchev–Trinajstić information content (AvgIpc) is 2.48. The van der Waals surface area contributed by atoms with E-state index in [1.165, 1.54) is 5.56 Å². The van der Waals surface area contributed by atoms with E-state index in [9.17, 15) is 4.79 Å². The third kappa shape index (κ3) is 3.69. The summed E-state index contributed by atoms with van der Waals surface area (Å²) < 4.78 is 5.10. The minimum Gasteiger partial charge on any atom is -0.462 e. The molecule has 0 unspecified atom stereocenters. The smallest absolute Gasteiger partial charge is 0.339 e. The molecule has 3 nitrogen and oxygen atoms in total. The summed E-state index contributed by atoms with van der Waals surface area (Å²) in [5.74, 6) is -0.288. The summed E-state index contributed by atoms with van der Waals surface area (Å²) >= 11 is 0. The second kappa shape index (κ2) is 7.02. The molecular weight excluding hydrogens is 262 g/mol. The molecule has 1 aromatic heterocycles. The molecule has 1 aromatic carbocycles. The summed E-state index contributed by atoms with van der Waals surface area (Å²) in [5, 5.41) is 0. The van der Waals surface area contributed by atoms with Crippen molar-refractivity contribution in [1.29, 1.82) is 0 Å². The number of carbonyl (C=O) groups is 1. The van der Waals surface area contributed by atoms with E-state index in [1.807, 2.05) is 31.2 Å². The first-order chi connectivity index (χ1) is 10.2.